The minimum Gasteiger partial charge on any atom is -0.310 e. The molecule has 1 atom stereocenters. The molecule has 2 nitrogen and oxygen atoms in total. The van der Waals surface area contributed by atoms with Gasteiger partial charge < -0.3 is 5.32 Å². The van der Waals surface area contributed by atoms with E-state index in [1.54, 1.807) is 12.1 Å². The molecule has 1 saturated carbocycles. The summed E-state index contributed by atoms with van der Waals surface area (Å²) < 4.78 is 13.1. The highest BCUT2D eigenvalue weighted by molar-refractivity contribution is 5.16. The van der Waals surface area contributed by atoms with Crippen LogP contribution in [0.25, 0.3) is 0 Å². The summed E-state index contributed by atoms with van der Waals surface area (Å²) in [5.41, 5.74) is 1.08. The Morgan fingerprint density at radius 2 is 2.12 bits per heavy atom. The van der Waals surface area contributed by atoms with Crippen LogP contribution in [0.5, 0.6) is 0 Å². The van der Waals surface area contributed by atoms with Gasteiger partial charge in [0, 0.05) is 31.7 Å². The molecule has 1 saturated heterocycles. The maximum Gasteiger partial charge on any atom is 0.123 e. The van der Waals surface area contributed by atoms with E-state index in [0.717, 1.165) is 31.2 Å². The zero-order valence-electron chi connectivity index (χ0n) is 10.0. The summed E-state index contributed by atoms with van der Waals surface area (Å²) in [6.07, 6.45) is 3.92. The Labute approximate surface area is 102 Å². The summed E-state index contributed by atoms with van der Waals surface area (Å²) in [4.78, 5) is 2.41. The molecule has 1 aliphatic carbocycles. The Hall–Kier alpha value is -0.930. The molecule has 92 valence electrons. The van der Waals surface area contributed by atoms with Crippen LogP contribution in [0.2, 0.25) is 0 Å². The second-order valence-corrected chi connectivity index (χ2v) is 5.29. The predicted molar refractivity (Wildman–Crippen MR) is 66.2 cm³/mol. The van der Waals surface area contributed by atoms with Crippen molar-refractivity contribution in [2.24, 2.45) is 0 Å². The van der Waals surface area contributed by atoms with Gasteiger partial charge in [0.1, 0.15) is 5.82 Å². The van der Waals surface area contributed by atoms with Gasteiger partial charge in [-0.15, -0.1) is 0 Å². The molecule has 2 aliphatic rings. The first-order valence-corrected chi connectivity index (χ1v) is 6.52. The lowest BCUT2D eigenvalue weighted by Gasteiger charge is -2.16. The number of hydrogen-bond acceptors (Lipinski definition) is 2. The van der Waals surface area contributed by atoms with E-state index >= 15 is 0 Å². The Balaban J connectivity index is 1.52. The van der Waals surface area contributed by atoms with E-state index in [2.05, 4.69) is 10.2 Å². The van der Waals surface area contributed by atoms with Crippen LogP contribution >= 0.6 is 0 Å². The fourth-order valence-corrected chi connectivity index (χ4v) is 2.59. The zero-order chi connectivity index (χ0) is 11.7. The molecular formula is C14H19FN2. The summed E-state index contributed by atoms with van der Waals surface area (Å²) in [7, 11) is 0. The maximum absolute atomic E-state index is 13.1. The fraction of sp³-hybridized carbons (Fsp3) is 0.571. The Morgan fingerprint density at radius 3 is 2.88 bits per heavy atom. The predicted octanol–water partition coefficient (Wildman–Crippen LogP) is 2.15. The summed E-state index contributed by atoms with van der Waals surface area (Å²) >= 11 is 0. The van der Waals surface area contributed by atoms with Crippen LogP contribution in [-0.2, 0) is 6.54 Å². The molecule has 3 heteroatoms. The number of hydrogen-bond donors (Lipinski definition) is 1. The second-order valence-electron chi connectivity index (χ2n) is 5.29. The molecule has 1 aliphatic heterocycles. The zero-order valence-corrected chi connectivity index (χ0v) is 10.0. The number of likely N-dealkylation sites (tertiary alicyclic amines) is 1. The summed E-state index contributed by atoms with van der Waals surface area (Å²) in [6.45, 7) is 3.11. The lowest BCUT2D eigenvalue weighted by molar-refractivity contribution is 0.319. The first-order chi connectivity index (χ1) is 8.29. The van der Waals surface area contributed by atoms with Crippen molar-refractivity contribution in [2.45, 2.75) is 37.9 Å². The third-order valence-corrected chi connectivity index (χ3v) is 3.62. The van der Waals surface area contributed by atoms with Gasteiger partial charge in [-0.3, -0.25) is 4.90 Å². The molecule has 17 heavy (non-hydrogen) atoms. The largest absolute Gasteiger partial charge is 0.310 e. The highest BCUT2D eigenvalue weighted by atomic mass is 19.1. The third-order valence-electron chi connectivity index (χ3n) is 3.62. The van der Waals surface area contributed by atoms with Gasteiger partial charge in [-0.05, 0) is 37.0 Å². The number of halogens is 1. The maximum atomic E-state index is 13.1. The molecule has 3 rings (SSSR count). The second kappa shape index (κ2) is 4.75. The van der Waals surface area contributed by atoms with Crippen molar-refractivity contribution in [2.75, 3.05) is 13.1 Å². The lowest BCUT2D eigenvalue weighted by atomic mass is 10.2. The van der Waals surface area contributed by atoms with Gasteiger partial charge >= 0.3 is 0 Å². The fourth-order valence-electron chi connectivity index (χ4n) is 2.59. The van der Waals surface area contributed by atoms with Crippen molar-refractivity contribution in [1.29, 1.82) is 0 Å². The van der Waals surface area contributed by atoms with Gasteiger partial charge in [0.25, 0.3) is 0 Å². The molecular weight excluding hydrogens is 215 g/mol. The van der Waals surface area contributed by atoms with Crippen LogP contribution in [0.4, 0.5) is 4.39 Å². The smallest absolute Gasteiger partial charge is 0.123 e. The lowest BCUT2D eigenvalue weighted by Crippen LogP contribution is -2.33. The Morgan fingerprint density at radius 1 is 1.24 bits per heavy atom. The number of nitrogens with one attached hydrogen (secondary N) is 1. The van der Waals surface area contributed by atoms with Gasteiger partial charge in [-0.2, -0.15) is 0 Å². The normalized spacial score (nSPS) is 25.4. The quantitative estimate of drug-likeness (QED) is 0.858. The highest BCUT2D eigenvalue weighted by Gasteiger charge is 2.28. The van der Waals surface area contributed by atoms with Crippen molar-refractivity contribution in [3.8, 4) is 0 Å². The van der Waals surface area contributed by atoms with Crippen LogP contribution in [0.1, 0.15) is 24.8 Å². The van der Waals surface area contributed by atoms with Crippen molar-refractivity contribution < 1.29 is 4.39 Å². The summed E-state index contributed by atoms with van der Waals surface area (Å²) in [5, 5.41) is 3.66. The number of rotatable bonds is 4. The van der Waals surface area contributed by atoms with E-state index in [1.807, 2.05) is 6.07 Å². The van der Waals surface area contributed by atoms with Crippen LogP contribution in [0.15, 0.2) is 24.3 Å². The molecule has 1 N–H and O–H groups in total. The van der Waals surface area contributed by atoms with Crippen LogP contribution < -0.4 is 5.32 Å². The molecule has 1 heterocycles. The van der Waals surface area contributed by atoms with E-state index in [1.165, 1.54) is 25.3 Å². The average Bonchev–Trinajstić information content (AvgIpc) is 2.99. The standard InChI is InChI=1S/C14H19FN2/c15-12-3-1-2-11(8-12)9-17-7-6-14(10-17)16-13-4-5-13/h1-3,8,13-14,16H,4-7,9-10H2. The minimum atomic E-state index is -0.130. The molecule has 0 amide bonds. The highest BCUT2D eigenvalue weighted by Crippen LogP contribution is 2.22. The first-order valence-electron chi connectivity index (χ1n) is 6.52. The summed E-state index contributed by atoms with van der Waals surface area (Å²) in [6, 6.07) is 8.38. The van der Waals surface area contributed by atoms with Gasteiger partial charge in [0.05, 0.1) is 0 Å². The van der Waals surface area contributed by atoms with Crippen molar-refractivity contribution in [1.82, 2.24) is 10.2 Å². The van der Waals surface area contributed by atoms with Gasteiger partial charge in [0.15, 0.2) is 0 Å². The molecule has 1 aromatic carbocycles. The molecule has 2 fully saturated rings. The van der Waals surface area contributed by atoms with Crippen LogP contribution in [-0.4, -0.2) is 30.1 Å². The van der Waals surface area contributed by atoms with Crippen LogP contribution in [0.3, 0.4) is 0 Å². The molecule has 0 radical (unpaired) electrons. The van der Waals surface area contributed by atoms with Crippen molar-refractivity contribution in [3.63, 3.8) is 0 Å². The summed E-state index contributed by atoms with van der Waals surface area (Å²) in [5.74, 6) is -0.130. The van der Waals surface area contributed by atoms with Gasteiger partial charge in [-0.1, -0.05) is 12.1 Å². The van der Waals surface area contributed by atoms with E-state index in [0.29, 0.717) is 6.04 Å². The van der Waals surface area contributed by atoms with Crippen LogP contribution in [0, 0.1) is 5.82 Å². The molecule has 0 bridgehead atoms. The molecule has 1 aromatic rings. The van der Waals surface area contributed by atoms with E-state index < -0.39 is 0 Å². The monoisotopic (exact) mass is 234 g/mol. The van der Waals surface area contributed by atoms with Crippen molar-refractivity contribution in [3.05, 3.63) is 35.6 Å². The number of nitrogens with zero attached hydrogens (tertiary/aromatic N) is 1. The topological polar surface area (TPSA) is 15.3 Å². The molecule has 0 aromatic heterocycles. The SMILES string of the molecule is Fc1cccc(CN2CCC(NC3CC3)C2)c1. The van der Waals surface area contributed by atoms with Crippen molar-refractivity contribution >= 4 is 0 Å². The van der Waals surface area contributed by atoms with E-state index in [-0.39, 0.29) is 5.82 Å². The Kier molecular flexibility index (Phi) is 3.12. The third kappa shape index (κ3) is 3.05. The average molecular weight is 234 g/mol. The first kappa shape index (κ1) is 11.2. The van der Waals surface area contributed by atoms with E-state index in [9.17, 15) is 4.39 Å². The Bertz CT molecular complexity index is 390. The number of benzene rings is 1. The molecule has 0 spiro atoms. The van der Waals surface area contributed by atoms with Gasteiger partial charge in [0.2, 0.25) is 0 Å². The minimum absolute atomic E-state index is 0.130. The van der Waals surface area contributed by atoms with E-state index in [4.69, 9.17) is 0 Å². The molecule has 1 unspecified atom stereocenters. The van der Waals surface area contributed by atoms with Gasteiger partial charge in [-0.25, -0.2) is 4.39 Å².